The molecule has 0 unspecified atom stereocenters. The third kappa shape index (κ3) is 3.64. The summed E-state index contributed by atoms with van der Waals surface area (Å²) in [6, 6.07) is 10.2. The van der Waals surface area contributed by atoms with Gasteiger partial charge in [-0.15, -0.1) is 0 Å². The van der Waals surface area contributed by atoms with Gasteiger partial charge in [-0.25, -0.2) is 0 Å². The molecule has 7 heteroatoms. The van der Waals surface area contributed by atoms with Crippen molar-refractivity contribution < 1.29 is 9.72 Å². The van der Waals surface area contributed by atoms with Gasteiger partial charge in [0.2, 0.25) is 0 Å². The smallest absolute Gasteiger partial charge is 0.273 e. The molecule has 7 nitrogen and oxygen atoms in total. The lowest BCUT2D eigenvalue weighted by molar-refractivity contribution is -0.385. The van der Waals surface area contributed by atoms with E-state index in [1.165, 1.54) is 12.1 Å². The maximum Gasteiger partial charge on any atom is 0.273 e. The number of benzene rings is 2. The third-order valence-corrected chi connectivity index (χ3v) is 4.95. The van der Waals surface area contributed by atoms with Gasteiger partial charge in [-0.1, -0.05) is 18.2 Å². The van der Waals surface area contributed by atoms with E-state index in [1.807, 2.05) is 32.0 Å². The van der Waals surface area contributed by atoms with E-state index in [0.717, 1.165) is 22.0 Å². The zero-order valence-electron chi connectivity index (χ0n) is 16.0. The number of carbonyl (C=O) groups is 1. The molecular formula is C21H21N3O4. The molecule has 28 heavy (non-hydrogen) atoms. The van der Waals surface area contributed by atoms with Gasteiger partial charge in [0, 0.05) is 34.7 Å². The summed E-state index contributed by atoms with van der Waals surface area (Å²) >= 11 is 0. The molecule has 0 aliphatic carbocycles. The number of aromatic amines is 1. The van der Waals surface area contributed by atoms with E-state index >= 15 is 0 Å². The van der Waals surface area contributed by atoms with Crippen molar-refractivity contribution in [2.75, 3.05) is 6.54 Å². The Hall–Kier alpha value is -3.48. The Balaban J connectivity index is 1.77. The minimum Gasteiger partial charge on any atom is -0.352 e. The molecule has 0 saturated carbocycles. The molecule has 3 rings (SSSR count). The molecule has 1 amide bonds. The zero-order valence-corrected chi connectivity index (χ0v) is 16.0. The Kier molecular flexibility index (Phi) is 5.26. The van der Waals surface area contributed by atoms with Crippen LogP contribution in [0.25, 0.3) is 10.9 Å². The van der Waals surface area contributed by atoms with Crippen LogP contribution in [0, 0.1) is 30.9 Å². The molecule has 0 bridgehead atoms. The molecule has 0 fully saturated rings. The maximum atomic E-state index is 12.4. The minimum atomic E-state index is -0.509. The van der Waals surface area contributed by atoms with Crippen molar-refractivity contribution in [2.24, 2.45) is 0 Å². The first-order valence-electron chi connectivity index (χ1n) is 8.94. The maximum absolute atomic E-state index is 12.4. The topological polar surface area (TPSA) is 105 Å². The number of rotatable bonds is 5. The molecule has 2 aromatic carbocycles. The van der Waals surface area contributed by atoms with Crippen molar-refractivity contribution in [3.05, 3.63) is 84.7 Å². The summed E-state index contributed by atoms with van der Waals surface area (Å²) in [4.78, 5) is 38.2. The zero-order chi connectivity index (χ0) is 20.4. The van der Waals surface area contributed by atoms with Crippen LogP contribution in [0.3, 0.4) is 0 Å². The normalized spacial score (nSPS) is 10.8. The molecule has 1 heterocycles. The van der Waals surface area contributed by atoms with Gasteiger partial charge in [0.1, 0.15) is 0 Å². The number of carbonyl (C=O) groups excluding carboxylic acids is 1. The number of hydrogen-bond donors (Lipinski definition) is 2. The largest absolute Gasteiger partial charge is 0.352 e. The summed E-state index contributed by atoms with van der Waals surface area (Å²) in [5.74, 6) is -0.398. The number of nitro benzene ring substituents is 1. The predicted molar refractivity (Wildman–Crippen MR) is 108 cm³/mol. The monoisotopic (exact) mass is 379 g/mol. The summed E-state index contributed by atoms with van der Waals surface area (Å²) in [6.07, 6.45) is 0.359. The Bertz CT molecular complexity index is 1150. The molecular weight excluding hydrogens is 358 g/mol. The van der Waals surface area contributed by atoms with Gasteiger partial charge in [0.25, 0.3) is 17.2 Å². The Morgan fingerprint density at radius 1 is 1.14 bits per heavy atom. The van der Waals surface area contributed by atoms with Crippen molar-refractivity contribution in [1.29, 1.82) is 0 Å². The van der Waals surface area contributed by atoms with Crippen LogP contribution in [0.4, 0.5) is 5.69 Å². The third-order valence-electron chi connectivity index (χ3n) is 4.95. The van der Waals surface area contributed by atoms with Crippen LogP contribution in [0.1, 0.15) is 32.6 Å². The molecule has 0 radical (unpaired) electrons. The number of fused-ring (bicyclic) bond motifs is 1. The lowest BCUT2D eigenvalue weighted by Gasteiger charge is -2.10. The highest BCUT2D eigenvalue weighted by Crippen LogP contribution is 2.21. The predicted octanol–water partition coefficient (Wildman–Crippen LogP) is 3.33. The second-order valence-electron chi connectivity index (χ2n) is 6.82. The van der Waals surface area contributed by atoms with Gasteiger partial charge in [-0.3, -0.25) is 19.7 Å². The first kappa shape index (κ1) is 19.3. The van der Waals surface area contributed by atoms with E-state index in [1.54, 1.807) is 13.0 Å². The first-order valence-corrected chi connectivity index (χ1v) is 8.94. The van der Waals surface area contributed by atoms with Gasteiger partial charge in [0.15, 0.2) is 0 Å². The quantitative estimate of drug-likeness (QED) is 0.524. The number of nitro groups is 1. The van der Waals surface area contributed by atoms with Crippen molar-refractivity contribution in [3.8, 4) is 0 Å². The van der Waals surface area contributed by atoms with Crippen molar-refractivity contribution >= 4 is 22.5 Å². The standard InChI is InChI=1S/C21H21N3O4/c1-12-7-8-13(2)19-17(12)11-15(20(25)23-19)9-10-22-21(26)16-5-4-6-18(14(16)3)24(27)28/h4-8,11H,9-10H2,1-3H3,(H,22,26)(H,23,25). The number of H-pyrrole nitrogens is 1. The van der Waals surface area contributed by atoms with Crippen LogP contribution >= 0.6 is 0 Å². The van der Waals surface area contributed by atoms with E-state index in [4.69, 9.17) is 0 Å². The number of aromatic nitrogens is 1. The Labute approximate surface area is 161 Å². The SMILES string of the molecule is Cc1c(C(=O)NCCc2cc3c(C)ccc(C)c3[nH]c2=O)cccc1[N+](=O)[O-]. The first-order chi connectivity index (χ1) is 13.3. The molecule has 2 N–H and O–H groups in total. The Morgan fingerprint density at radius 2 is 1.86 bits per heavy atom. The molecule has 0 aliphatic rings. The van der Waals surface area contributed by atoms with Gasteiger partial charge in [-0.05, 0) is 50.5 Å². The van der Waals surface area contributed by atoms with E-state index in [0.29, 0.717) is 17.5 Å². The molecule has 1 aromatic heterocycles. The number of nitrogens with one attached hydrogen (secondary N) is 2. The lowest BCUT2D eigenvalue weighted by Crippen LogP contribution is -2.28. The van der Waals surface area contributed by atoms with Crippen LogP contribution in [-0.4, -0.2) is 22.4 Å². The van der Waals surface area contributed by atoms with E-state index in [9.17, 15) is 19.7 Å². The average molecular weight is 379 g/mol. The van der Waals surface area contributed by atoms with Crippen molar-refractivity contribution in [1.82, 2.24) is 10.3 Å². The van der Waals surface area contributed by atoms with Gasteiger partial charge < -0.3 is 10.3 Å². The highest BCUT2D eigenvalue weighted by molar-refractivity contribution is 5.96. The minimum absolute atomic E-state index is 0.0931. The van der Waals surface area contributed by atoms with Gasteiger partial charge in [0.05, 0.1) is 10.4 Å². The second-order valence-corrected chi connectivity index (χ2v) is 6.82. The van der Waals surface area contributed by atoms with Crippen molar-refractivity contribution in [3.63, 3.8) is 0 Å². The molecule has 0 saturated heterocycles. The number of nitrogens with zero attached hydrogens (tertiary/aromatic N) is 1. The second kappa shape index (κ2) is 7.64. The van der Waals surface area contributed by atoms with E-state index in [2.05, 4.69) is 10.3 Å². The summed E-state index contributed by atoms with van der Waals surface area (Å²) < 4.78 is 0. The summed E-state index contributed by atoms with van der Waals surface area (Å²) in [6.45, 7) is 5.72. The van der Waals surface area contributed by atoms with Crippen LogP contribution in [0.15, 0.2) is 41.2 Å². The fraction of sp³-hybridized carbons (Fsp3) is 0.238. The molecule has 0 spiro atoms. The van der Waals surface area contributed by atoms with Crippen molar-refractivity contribution in [2.45, 2.75) is 27.2 Å². The van der Waals surface area contributed by atoms with Gasteiger partial charge >= 0.3 is 0 Å². The molecule has 3 aromatic rings. The molecule has 0 atom stereocenters. The Morgan fingerprint density at radius 3 is 2.57 bits per heavy atom. The molecule has 0 aliphatic heterocycles. The van der Waals surface area contributed by atoms with E-state index in [-0.39, 0.29) is 23.4 Å². The fourth-order valence-electron chi connectivity index (χ4n) is 3.28. The summed E-state index contributed by atoms with van der Waals surface area (Å²) in [7, 11) is 0. The highest BCUT2D eigenvalue weighted by Gasteiger charge is 2.17. The number of amides is 1. The number of hydrogen-bond acceptors (Lipinski definition) is 4. The summed E-state index contributed by atoms with van der Waals surface area (Å²) in [5, 5.41) is 14.8. The lowest BCUT2D eigenvalue weighted by atomic mass is 10.0. The van der Waals surface area contributed by atoms with Gasteiger partial charge in [-0.2, -0.15) is 0 Å². The van der Waals surface area contributed by atoms with Crippen LogP contribution in [-0.2, 0) is 6.42 Å². The number of aryl methyl sites for hydroxylation is 2. The van der Waals surface area contributed by atoms with Crippen LogP contribution < -0.4 is 10.9 Å². The van der Waals surface area contributed by atoms with Crippen LogP contribution in [0.5, 0.6) is 0 Å². The summed E-state index contributed by atoms with van der Waals surface area (Å²) in [5.41, 5.74) is 3.77. The molecule has 144 valence electrons. The fourth-order valence-corrected chi connectivity index (χ4v) is 3.28. The average Bonchev–Trinajstić information content (AvgIpc) is 2.65. The van der Waals surface area contributed by atoms with E-state index < -0.39 is 10.8 Å². The number of pyridine rings is 1. The highest BCUT2D eigenvalue weighted by atomic mass is 16.6. The van der Waals surface area contributed by atoms with Crippen LogP contribution in [0.2, 0.25) is 0 Å².